The van der Waals surface area contributed by atoms with Gasteiger partial charge in [0.05, 0.1) is 13.2 Å². The number of rotatable bonds is 18. The van der Waals surface area contributed by atoms with Crippen LogP contribution in [-0.2, 0) is 29.3 Å². The van der Waals surface area contributed by atoms with Crippen LogP contribution < -0.4 is 17.2 Å². The van der Waals surface area contributed by atoms with E-state index in [0.717, 1.165) is 16.7 Å². The molecule has 9 nitrogen and oxygen atoms in total. The summed E-state index contributed by atoms with van der Waals surface area (Å²) in [4.78, 5) is 0. The number of ether oxygens (including phenoxy) is 5. The zero-order valence-electron chi connectivity index (χ0n) is 24.8. The highest BCUT2D eigenvalue weighted by Gasteiger charge is 2.49. The Morgan fingerprint density at radius 2 is 1.02 bits per heavy atom. The van der Waals surface area contributed by atoms with Gasteiger partial charge in [0.2, 0.25) is 0 Å². The van der Waals surface area contributed by atoms with E-state index in [1.54, 1.807) is 0 Å². The molecule has 0 aliphatic carbocycles. The first-order valence-corrected chi connectivity index (χ1v) is 15.2. The lowest BCUT2D eigenvalue weighted by atomic mass is 9.80. The Labute approximate surface area is 255 Å². The van der Waals surface area contributed by atoms with Crippen molar-refractivity contribution in [1.29, 1.82) is 0 Å². The van der Waals surface area contributed by atoms with E-state index >= 15 is 0 Å². The van der Waals surface area contributed by atoms with E-state index in [2.05, 4.69) is 36.4 Å². The van der Waals surface area contributed by atoms with Crippen LogP contribution in [0.1, 0.15) is 36.0 Å². The van der Waals surface area contributed by atoms with E-state index < -0.39 is 36.3 Å². The van der Waals surface area contributed by atoms with E-state index in [1.807, 2.05) is 54.6 Å². The van der Waals surface area contributed by atoms with Crippen molar-refractivity contribution in [3.8, 4) is 0 Å². The monoisotopic (exact) mass is 593 g/mol. The van der Waals surface area contributed by atoms with Crippen LogP contribution in [0.15, 0.2) is 91.0 Å². The molecule has 0 saturated carbocycles. The molecule has 3 aromatic rings. The molecule has 1 saturated heterocycles. The Balaban J connectivity index is 1.69. The van der Waals surface area contributed by atoms with Crippen LogP contribution in [0.3, 0.4) is 0 Å². The minimum atomic E-state index is -1.06. The maximum atomic E-state index is 11.7. The second-order valence-electron chi connectivity index (χ2n) is 10.6. The summed E-state index contributed by atoms with van der Waals surface area (Å²) >= 11 is 0. The Kier molecular flexibility index (Phi) is 13.6. The van der Waals surface area contributed by atoms with Crippen LogP contribution >= 0.6 is 0 Å². The Hall–Kier alpha value is -2.70. The lowest BCUT2D eigenvalue weighted by molar-refractivity contribution is -0.319. The van der Waals surface area contributed by atoms with E-state index in [9.17, 15) is 5.11 Å². The third-order valence-corrected chi connectivity index (χ3v) is 7.57. The number of hydrogen-bond donors (Lipinski definition) is 4. The molecular weight excluding hydrogens is 546 g/mol. The highest BCUT2D eigenvalue weighted by molar-refractivity contribution is 5.47. The number of hydrogen-bond acceptors (Lipinski definition) is 9. The van der Waals surface area contributed by atoms with Crippen molar-refractivity contribution < 1.29 is 28.8 Å². The van der Waals surface area contributed by atoms with Crippen LogP contribution in [0, 0.1) is 0 Å². The Morgan fingerprint density at radius 1 is 0.605 bits per heavy atom. The molecule has 3 aromatic carbocycles. The minimum Gasteiger partial charge on any atom is -0.387 e. The van der Waals surface area contributed by atoms with E-state index in [-0.39, 0.29) is 6.61 Å². The molecule has 1 heterocycles. The third kappa shape index (κ3) is 8.48. The van der Waals surface area contributed by atoms with Crippen molar-refractivity contribution in [3.63, 3.8) is 0 Å². The number of benzene rings is 3. The van der Waals surface area contributed by atoms with Gasteiger partial charge in [0.25, 0.3) is 0 Å². The van der Waals surface area contributed by atoms with E-state index in [1.165, 1.54) is 0 Å². The van der Waals surface area contributed by atoms with E-state index in [4.69, 9.17) is 40.9 Å². The number of aliphatic hydroxyl groups excluding tert-OH is 1. The van der Waals surface area contributed by atoms with Crippen molar-refractivity contribution >= 4 is 0 Å². The van der Waals surface area contributed by atoms with Crippen molar-refractivity contribution in [2.45, 2.75) is 55.6 Å². The second kappa shape index (κ2) is 17.6. The quantitative estimate of drug-likeness (QED) is 0.129. The molecule has 0 aromatic heterocycles. The molecule has 4 rings (SSSR count). The standard InChI is InChI=1S/C34H47N3O6/c35-19-10-22-39-31-30(38)29(43-33(41-24-12-21-37)32(31)40-23-11-20-36)25-42-34(26-13-4-1-5-14-26,27-15-6-2-7-16-27)28-17-8-3-9-18-28/h1-9,13-18,29-33,38H,10-12,19-25,35-37H2/t29-,30-,31+,32-,33+/m1/s1. The number of nitrogens with two attached hydrogens (primary N) is 3. The fraction of sp³-hybridized carbons (Fsp3) is 0.471. The van der Waals surface area contributed by atoms with E-state index in [0.29, 0.717) is 58.7 Å². The summed E-state index contributed by atoms with van der Waals surface area (Å²) in [5, 5.41) is 11.7. The molecule has 1 fully saturated rings. The fourth-order valence-corrected chi connectivity index (χ4v) is 5.39. The summed E-state index contributed by atoms with van der Waals surface area (Å²) in [5.74, 6) is 0. The van der Waals surface area contributed by atoms with Gasteiger partial charge in [-0.05, 0) is 55.6 Å². The van der Waals surface area contributed by atoms with Crippen LogP contribution in [0.2, 0.25) is 0 Å². The van der Waals surface area contributed by atoms with Crippen LogP contribution in [0.5, 0.6) is 0 Å². The summed E-state index contributed by atoms with van der Waals surface area (Å²) in [6.45, 7) is 2.58. The molecule has 43 heavy (non-hydrogen) atoms. The maximum Gasteiger partial charge on any atom is 0.186 e. The molecule has 1 aliphatic heterocycles. The molecule has 1 aliphatic rings. The zero-order chi connectivity index (χ0) is 30.3. The van der Waals surface area contributed by atoms with Gasteiger partial charge < -0.3 is 46.0 Å². The van der Waals surface area contributed by atoms with Gasteiger partial charge in [0, 0.05) is 13.2 Å². The van der Waals surface area contributed by atoms with Crippen LogP contribution in [0.4, 0.5) is 0 Å². The topological polar surface area (TPSA) is 144 Å². The molecule has 0 unspecified atom stereocenters. The molecule has 0 spiro atoms. The molecule has 0 bridgehead atoms. The van der Waals surface area contributed by atoms with Gasteiger partial charge in [0.15, 0.2) is 6.29 Å². The summed E-state index contributed by atoms with van der Waals surface area (Å²) < 4.78 is 31.9. The second-order valence-corrected chi connectivity index (χ2v) is 10.6. The highest BCUT2D eigenvalue weighted by Crippen LogP contribution is 2.41. The Morgan fingerprint density at radius 3 is 1.47 bits per heavy atom. The summed E-state index contributed by atoms with van der Waals surface area (Å²) in [6, 6.07) is 30.2. The molecule has 5 atom stereocenters. The summed E-state index contributed by atoms with van der Waals surface area (Å²) in [7, 11) is 0. The van der Waals surface area contributed by atoms with Crippen molar-refractivity contribution in [1.82, 2.24) is 0 Å². The molecule has 9 heteroatoms. The van der Waals surface area contributed by atoms with Gasteiger partial charge in [0.1, 0.15) is 30.0 Å². The molecule has 0 radical (unpaired) electrons. The van der Waals surface area contributed by atoms with Crippen molar-refractivity contribution in [2.24, 2.45) is 17.2 Å². The largest absolute Gasteiger partial charge is 0.387 e. The molecule has 7 N–H and O–H groups in total. The normalized spacial score (nSPS) is 22.5. The summed E-state index contributed by atoms with van der Waals surface area (Å²) in [5.41, 5.74) is 19.1. The molecule has 0 amide bonds. The zero-order valence-corrected chi connectivity index (χ0v) is 24.8. The van der Waals surface area contributed by atoms with Crippen LogP contribution in [0.25, 0.3) is 0 Å². The smallest absolute Gasteiger partial charge is 0.186 e. The van der Waals surface area contributed by atoms with Gasteiger partial charge in [-0.25, -0.2) is 0 Å². The maximum absolute atomic E-state index is 11.7. The predicted octanol–water partition coefficient (Wildman–Crippen LogP) is 2.91. The van der Waals surface area contributed by atoms with Gasteiger partial charge in [-0.15, -0.1) is 0 Å². The first kappa shape index (κ1) is 33.2. The van der Waals surface area contributed by atoms with Crippen molar-refractivity contribution in [2.75, 3.05) is 46.1 Å². The molecular formula is C34H47N3O6. The van der Waals surface area contributed by atoms with Gasteiger partial charge in [-0.3, -0.25) is 0 Å². The summed E-state index contributed by atoms with van der Waals surface area (Å²) in [6.07, 6.45) is -2.10. The lowest BCUT2D eigenvalue weighted by Crippen LogP contribution is -2.61. The van der Waals surface area contributed by atoms with Gasteiger partial charge in [-0.2, -0.15) is 0 Å². The average Bonchev–Trinajstić information content (AvgIpc) is 3.05. The average molecular weight is 594 g/mol. The highest BCUT2D eigenvalue weighted by atomic mass is 16.7. The predicted molar refractivity (Wildman–Crippen MR) is 166 cm³/mol. The fourth-order valence-electron chi connectivity index (χ4n) is 5.39. The first-order chi connectivity index (χ1) is 21.2. The lowest BCUT2D eigenvalue weighted by Gasteiger charge is -2.45. The minimum absolute atomic E-state index is 0.0445. The van der Waals surface area contributed by atoms with Gasteiger partial charge >= 0.3 is 0 Å². The Bertz CT molecular complexity index is 1060. The van der Waals surface area contributed by atoms with Crippen molar-refractivity contribution in [3.05, 3.63) is 108 Å². The first-order valence-electron chi connectivity index (χ1n) is 15.2. The molecule has 234 valence electrons. The van der Waals surface area contributed by atoms with Gasteiger partial charge in [-0.1, -0.05) is 91.0 Å². The SMILES string of the molecule is NCCCO[C@H]1O[C@H](COC(c2ccccc2)(c2ccccc2)c2ccccc2)[C@@H](O)[C@H](OCCCN)[C@H]1OCCCN. The third-order valence-electron chi connectivity index (χ3n) is 7.57. The van der Waals surface area contributed by atoms with Crippen LogP contribution in [-0.4, -0.2) is 81.9 Å². The number of aliphatic hydroxyl groups is 1.